The molecule has 1 aliphatic heterocycles. The van der Waals surface area contributed by atoms with E-state index in [1.807, 2.05) is 24.3 Å². The number of H-pyrrole nitrogens is 1. The van der Waals surface area contributed by atoms with E-state index in [1.54, 1.807) is 11.3 Å². The van der Waals surface area contributed by atoms with Crippen LogP contribution in [0.3, 0.4) is 0 Å². The molecule has 0 saturated carbocycles. The first-order chi connectivity index (χ1) is 13.2. The number of thiazole rings is 1. The summed E-state index contributed by atoms with van der Waals surface area (Å²) in [5.41, 5.74) is 4.39. The van der Waals surface area contributed by atoms with Crippen molar-refractivity contribution in [3.8, 4) is 0 Å². The van der Waals surface area contributed by atoms with Gasteiger partial charge in [0.25, 0.3) is 0 Å². The number of rotatable bonds is 4. The molecule has 0 unspecified atom stereocenters. The molecule has 138 valence electrons. The van der Waals surface area contributed by atoms with Crippen LogP contribution >= 0.6 is 11.3 Å². The maximum atomic E-state index is 4.71. The standard InChI is InChI=1S/C21H23N5S/c1-14-8-10-26(11-9-14)13-15-6-7-18-19(12-15)27-21(24-18)25-20-22-16-4-2-3-5-17(16)23-20/h2-7,12,14H,8-11,13H2,1H3,(H2,22,23,24,25). The molecule has 0 amide bonds. The molecule has 0 bridgehead atoms. The largest absolute Gasteiger partial charge is 0.324 e. The highest BCUT2D eigenvalue weighted by Crippen LogP contribution is 2.29. The van der Waals surface area contributed by atoms with E-state index in [0.29, 0.717) is 0 Å². The summed E-state index contributed by atoms with van der Waals surface area (Å²) in [4.78, 5) is 15.1. The van der Waals surface area contributed by atoms with E-state index in [-0.39, 0.29) is 0 Å². The summed E-state index contributed by atoms with van der Waals surface area (Å²) in [5, 5.41) is 4.19. The van der Waals surface area contributed by atoms with Gasteiger partial charge in [-0.3, -0.25) is 4.90 Å². The number of likely N-dealkylation sites (tertiary alicyclic amines) is 1. The van der Waals surface area contributed by atoms with Gasteiger partial charge in [-0.2, -0.15) is 0 Å². The van der Waals surface area contributed by atoms with Gasteiger partial charge in [0.05, 0.1) is 21.3 Å². The van der Waals surface area contributed by atoms with Gasteiger partial charge in [0, 0.05) is 6.54 Å². The van der Waals surface area contributed by atoms with Crippen LogP contribution in [0.1, 0.15) is 25.3 Å². The van der Waals surface area contributed by atoms with Crippen molar-refractivity contribution < 1.29 is 0 Å². The Bertz CT molecular complexity index is 1040. The fourth-order valence-electron chi connectivity index (χ4n) is 3.71. The fraction of sp³-hybridized carbons (Fsp3) is 0.333. The van der Waals surface area contributed by atoms with E-state index in [2.05, 4.69) is 45.3 Å². The van der Waals surface area contributed by atoms with Crippen LogP contribution in [0.4, 0.5) is 11.1 Å². The van der Waals surface area contributed by atoms with Gasteiger partial charge in [-0.25, -0.2) is 9.97 Å². The van der Waals surface area contributed by atoms with Crippen molar-refractivity contribution in [3.05, 3.63) is 48.0 Å². The van der Waals surface area contributed by atoms with Gasteiger partial charge in [-0.1, -0.05) is 36.5 Å². The average molecular weight is 378 g/mol. The molecule has 6 heteroatoms. The summed E-state index contributed by atoms with van der Waals surface area (Å²) in [5.74, 6) is 1.61. The SMILES string of the molecule is CC1CCN(Cc2ccc3nc(Nc4nc5ccccc5[nH]4)sc3c2)CC1. The number of hydrogen-bond donors (Lipinski definition) is 2. The Hall–Kier alpha value is -2.44. The molecule has 2 N–H and O–H groups in total. The van der Waals surface area contributed by atoms with Crippen molar-refractivity contribution >= 4 is 43.7 Å². The van der Waals surface area contributed by atoms with E-state index in [4.69, 9.17) is 4.98 Å². The van der Waals surface area contributed by atoms with Gasteiger partial charge in [-0.15, -0.1) is 0 Å². The number of para-hydroxylation sites is 2. The lowest BCUT2D eigenvalue weighted by atomic mass is 9.99. The van der Waals surface area contributed by atoms with Gasteiger partial charge < -0.3 is 10.3 Å². The molecule has 3 heterocycles. The fourth-order valence-corrected chi connectivity index (χ4v) is 4.64. The van der Waals surface area contributed by atoms with Crippen molar-refractivity contribution in [2.75, 3.05) is 18.4 Å². The van der Waals surface area contributed by atoms with Crippen molar-refractivity contribution in [2.24, 2.45) is 5.92 Å². The number of aromatic nitrogens is 3. The number of fused-ring (bicyclic) bond motifs is 2. The molecule has 5 rings (SSSR count). The van der Waals surface area contributed by atoms with Crippen molar-refractivity contribution in [1.29, 1.82) is 0 Å². The Balaban J connectivity index is 1.34. The van der Waals surface area contributed by atoms with Gasteiger partial charge >= 0.3 is 0 Å². The highest BCUT2D eigenvalue weighted by atomic mass is 32.1. The van der Waals surface area contributed by atoms with Gasteiger partial charge in [0.2, 0.25) is 5.95 Å². The summed E-state index contributed by atoms with van der Waals surface area (Å²) in [7, 11) is 0. The van der Waals surface area contributed by atoms with Gasteiger partial charge in [0.1, 0.15) is 0 Å². The highest BCUT2D eigenvalue weighted by Gasteiger charge is 2.16. The maximum Gasteiger partial charge on any atom is 0.207 e. The zero-order chi connectivity index (χ0) is 18.2. The van der Waals surface area contributed by atoms with Crippen LogP contribution < -0.4 is 5.32 Å². The van der Waals surface area contributed by atoms with E-state index < -0.39 is 0 Å². The van der Waals surface area contributed by atoms with Crippen LogP contribution in [-0.4, -0.2) is 32.9 Å². The number of nitrogens with one attached hydrogen (secondary N) is 2. The number of imidazole rings is 1. The number of benzene rings is 2. The molecule has 1 saturated heterocycles. The summed E-state index contributed by atoms with van der Waals surface area (Å²) in [6.45, 7) is 5.81. The summed E-state index contributed by atoms with van der Waals surface area (Å²) < 4.78 is 1.22. The Morgan fingerprint density at radius 3 is 2.81 bits per heavy atom. The topological polar surface area (TPSA) is 56.8 Å². The molecule has 2 aromatic heterocycles. The summed E-state index contributed by atoms with van der Waals surface area (Å²) in [6.07, 6.45) is 2.63. The Kier molecular flexibility index (Phi) is 4.30. The quantitative estimate of drug-likeness (QED) is 0.516. The van der Waals surface area contributed by atoms with Crippen LogP contribution in [0.2, 0.25) is 0 Å². The number of piperidine rings is 1. The van der Waals surface area contributed by atoms with Crippen LogP contribution in [0, 0.1) is 5.92 Å². The summed E-state index contributed by atoms with van der Waals surface area (Å²) >= 11 is 1.68. The smallest absolute Gasteiger partial charge is 0.207 e. The lowest BCUT2D eigenvalue weighted by Crippen LogP contribution is -2.32. The van der Waals surface area contributed by atoms with E-state index in [9.17, 15) is 0 Å². The van der Waals surface area contributed by atoms with E-state index in [1.165, 1.54) is 36.2 Å². The first-order valence-corrected chi connectivity index (χ1v) is 10.4. The minimum Gasteiger partial charge on any atom is -0.324 e. The first-order valence-electron chi connectivity index (χ1n) is 9.56. The molecule has 2 aromatic carbocycles. The van der Waals surface area contributed by atoms with Gasteiger partial charge in [-0.05, 0) is 61.7 Å². The zero-order valence-electron chi connectivity index (χ0n) is 15.4. The lowest BCUT2D eigenvalue weighted by molar-refractivity contribution is 0.185. The molecule has 1 fully saturated rings. The summed E-state index contributed by atoms with van der Waals surface area (Å²) in [6, 6.07) is 14.7. The Morgan fingerprint density at radius 1 is 1.11 bits per heavy atom. The normalized spacial score (nSPS) is 16.3. The number of nitrogens with zero attached hydrogens (tertiary/aromatic N) is 3. The maximum absolute atomic E-state index is 4.71. The predicted molar refractivity (Wildman–Crippen MR) is 113 cm³/mol. The second-order valence-corrected chi connectivity index (χ2v) is 8.54. The number of hydrogen-bond acceptors (Lipinski definition) is 5. The highest BCUT2D eigenvalue weighted by molar-refractivity contribution is 7.22. The molecular formula is C21H23N5S. The Labute approximate surface area is 162 Å². The molecule has 1 aliphatic rings. The Morgan fingerprint density at radius 2 is 1.96 bits per heavy atom. The van der Waals surface area contributed by atoms with E-state index in [0.717, 1.165) is 40.1 Å². The molecule has 0 radical (unpaired) electrons. The lowest BCUT2D eigenvalue weighted by Gasteiger charge is -2.30. The van der Waals surface area contributed by atoms with Crippen LogP contribution in [0.25, 0.3) is 21.3 Å². The zero-order valence-corrected chi connectivity index (χ0v) is 16.2. The monoisotopic (exact) mass is 377 g/mol. The van der Waals surface area contributed by atoms with Crippen LogP contribution in [-0.2, 0) is 6.54 Å². The van der Waals surface area contributed by atoms with Crippen LogP contribution in [0.5, 0.6) is 0 Å². The van der Waals surface area contributed by atoms with E-state index >= 15 is 0 Å². The molecule has 5 nitrogen and oxygen atoms in total. The van der Waals surface area contributed by atoms with Gasteiger partial charge in [0.15, 0.2) is 5.13 Å². The first kappa shape index (κ1) is 16.7. The minimum absolute atomic E-state index is 0.734. The molecule has 0 aliphatic carbocycles. The molecular weight excluding hydrogens is 354 g/mol. The third-order valence-electron chi connectivity index (χ3n) is 5.35. The second-order valence-electron chi connectivity index (χ2n) is 7.51. The second kappa shape index (κ2) is 6.94. The third-order valence-corrected chi connectivity index (χ3v) is 6.28. The minimum atomic E-state index is 0.734. The van der Waals surface area contributed by atoms with Crippen molar-refractivity contribution in [3.63, 3.8) is 0 Å². The molecule has 27 heavy (non-hydrogen) atoms. The molecule has 0 spiro atoms. The molecule has 0 atom stereocenters. The third kappa shape index (κ3) is 3.55. The van der Waals surface area contributed by atoms with Crippen molar-refractivity contribution in [2.45, 2.75) is 26.3 Å². The average Bonchev–Trinajstić information content (AvgIpc) is 3.26. The molecule has 4 aromatic rings. The predicted octanol–water partition coefficient (Wildman–Crippen LogP) is 5.15. The van der Waals surface area contributed by atoms with Crippen LogP contribution in [0.15, 0.2) is 42.5 Å². The van der Waals surface area contributed by atoms with Crippen molar-refractivity contribution in [1.82, 2.24) is 19.9 Å². The number of anilines is 2. The number of aromatic amines is 1.